The molecule has 0 radical (unpaired) electrons. The smallest absolute Gasteiger partial charge is 0.0859 e. The monoisotopic (exact) mass is 261 g/mol. The zero-order valence-corrected chi connectivity index (χ0v) is 11.6. The van der Waals surface area contributed by atoms with Crippen molar-refractivity contribution in [3.8, 4) is 0 Å². The number of aryl methyl sites for hydroxylation is 1. The van der Waals surface area contributed by atoms with E-state index in [2.05, 4.69) is 22.9 Å². The number of likely N-dealkylation sites (N-methyl/N-ethyl adjacent to an activating group) is 1. The van der Waals surface area contributed by atoms with Crippen LogP contribution in [0.1, 0.15) is 30.5 Å². The molecule has 0 amide bonds. The van der Waals surface area contributed by atoms with Gasteiger partial charge in [0.05, 0.1) is 12.7 Å². The molecule has 1 aliphatic heterocycles. The molecule has 1 aromatic rings. The fraction of sp³-hybridized carbons (Fsp3) is 0.667. The third kappa shape index (κ3) is 2.53. The zero-order chi connectivity index (χ0) is 13.2. The summed E-state index contributed by atoms with van der Waals surface area (Å²) in [5.41, 5.74) is 9.06. The lowest BCUT2D eigenvalue weighted by molar-refractivity contribution is -0.0428. The first kappa shape index (κ1) is 13.0. The number of ether oxygens (including phenoxy) is 1. The number of rotatable bonds is 3. The Hall–Kier alpha value is -0.970. The second kappa shape index (κ2) is 5.57. The summed E-state index contributed by atoms with van der Waals surface area (Å²) in [6.07, 6.45) is 4.24. The molecular formula is C15H23N3O. The predicted octanol–water partition coefficient (Wildman–Crippen LogP) is 1.16. The van der Waals surface area contributed by atoms with Crippen LogP contribution in [0.25, 0.3) is 0 Å². The van der Waals surface area contributed by atoms with Gasteiger partial charge >= 0.3 is 0 Å². The van der Waals surface area contributed by atoms with Gasteiger partial charge in [0.25, 0.3) is 0 Å². The highest BCUT2D eigenvalue weighted by Crippen LogP contribution is 2.34. The molecule has 0 saturated carbocycles. The van der Waals surface area contributed by atoms with Crippen LogP contribution in [0.5, 0.6) is 0 Å². The number of fused-ring (bicyclic) bond motifs is 1. The van der Waals surface area contributed by atoms with Gasteiger partial charge in [-0.1, -0.05) is 13.0 Å². The average Bonchev–Trinajstić information content (AvgIpc) is 2.90. The van der Waals surface area contributed by atoms with E-state index in [0.717, 1.165) is 39.1 Å². The number of nitrogens with two attached hydrogens (primary N) is 1. The molecule has 2 heterocycles. The molecule has 1 aliphatic carbocycles. The predicted molar refractivity (Wildman–Crippen MR) is 75.1 cm³/mol. The Morgan fingerprint density at radius 2 is 2.47 bits per heavy atom. The fourth-order valence-corrected chi connectivity index (χ4v) is 3.33. The largest absolute Gasteiger partial charge is 0.374 e. The van der Waals surface area contributed by atoms with E-state index in [4.69, 9.17) is 10.5 Å². The lowest BCUT2D eigenvalue weighted by atomic mass is 9.92. The molecule has 3 atom stereocenters. The van der Waals surface area contributed by atoms with Crippen LogP contribution in [0.4, 0.5) is 0 Å². The lowest BCUT2D eigenvalue weighted by Gasteiger charge is -2.37. The molecule has 4 heteroatoms. The minimum absolute atomic E-state index is 0.0606. The summed E-state index contributed by atoms with van der Waals surface area (Å²) in [6, 6.07) is 4.25. The van der Waals surface area contributed by atoms with Gasteiger partial charge in [-0.15, -0.1) is 0 Å². The van der Waals surface area contributed by atoms with E-state index in [-0.39, 0.29) is 12.1 Å². The van der Waals surface area contributed by atoms with Crippen molar-refractivity contribution in [2.75, 3.05) is 26.2 Å². The van der Waals surface area contributed by atoms with Gasteiger partial charge < -0.3 is 10.5 Å². The number of nitrogens with zero attached hydrogens (tertiary/aromatic N) is 2. The van der Waals surface area contributed by atoms with Crippen LogP contribution in [0.3, 0.4) is 0 Å². The number of hydrogen-bond donors (Lipinski definition) is 1. The van der Waals surface area contributed by atoms with Crippen molar-refractivity contribution in [1.82, 2.24) is 9.88 Å². The van der Waals surface area contributed by atoms with Crippen molar-refractivity contribution in [3.05, 3.63) is 29.6 Å². The van der Waals surface area contributed by atoms with Gasteiger partial charge in [-0.05, 0) is 31.0 Å². The van der Waals surface area contributed by atoms with E-state index in [9.17, 15) is 0 Å². The van der Waals surface area contributed by atoms with Crippen LogP contribution < -0.4 is 5.73 Å². The highest BCUT2D eigenvalue weighted by molar-refractivity contribution is 5.30. The Labute approximate surface area is 115 Å². The van der Waals surface area contributed by atoms with Crippen molar-refractivity contribution in [3.63, 3.8) is 0 Å². The topological polar surface area (TPSA) is 51.4 Å². The zero-order valence-electron chi connectivity index (χ0n) is 11.6. The molecule has 3 unspecified atom stereocenters. The van der Waals surface area contributed by atoms with Crippen LogP contribution in [0.15, 0.2) is 18.3 Å². The molecule has 0 spiro atoms. The van der Waals surface area contributed by atoms with E-state index in [0.29, 0.717) is 5.92 Å². The molecule has 1 fully saturated rings. The summed E-state index contributed by atoms with van der Waals surface area (Å²) >= 11 is 0. The minimum Gasteiger partial charge on any atom is -0.374 e. The van der Waals surface area contributed by atoms with Gasteiger partial charge in [0.1, 0.15) is 0 Å². The molecule has 104 valence electrons. The van der Waals surface area contributed by atoms with Crippen molar-refractivity contribution < 1.29 is 4.74 Å². The maximum absolute atomic E-state index is 6.49. The summed E-state index contributed by atoms with van der Waals surface area (Å²) in [5, 5.41) is 0. The van der Waals surface area contributed by atoms with Gasteiger partial charge in [-0.25, -0.2) is 0 Å². The van der Waals surface area contributed by atoms with E-state index in [1.165, 1.54) is 11.3 Å². The summed E-state index contributed by atoms with van der Waals surface area (Å²) < 4.78 is 5.90. The first-order chi connectivity index (χ1) is 9.29. The minimum atomic E-state index is 0.0606. The Bertz CT molecular complexity index is 437. The Balaban J connectivity index is 1.72. The maximum atomic E-state index is 6.49. The van der Waals surface area contributed by atoms with Crippen LogP contribution in [0, 0.1) is 0 Å². The van der Waals surface area contributed by atoms with E-state index >= 15 is 0 Å². The molecule has 2 N–H and O–H groups in total. The normalized spacial score (nSPS) is 29.2. The SMILES string of the molecule is CCN1CCOC(C(N)C2CCc3cccnc32)C1. The molecule has 0 aromatic carbocycles. The van der Waals surface area contributed by atoms with Crippen molar-refractivity contribution in [2.24, 2.45) is 5.73 Å². The van der Waals surface area contributed by atoms with Crippen molar-refractivity contribution in [2.45, 2.75) is 37.8 Å². The van der Waals surface area contributed by atoms with Crippen LogP contribution in [0.2, 0.25) is 0 Å². The van der Waals surface area contributed by atoms with E-state index in [1.807, 2.05) is 12.3 Å². The fourth-order valence-electron chi connectivity index (χ4n) is 3.33. The highest BCUT2D eigenvalue weighted by Gasteiger charge is 2.35. The molecule has 0 bridgehead atoms. The third-order valence-corrected chi connectivity index (χ3v) is 4.52. The summed E-state index contributed by atoms with van der Waals surface area (Å²) in [4.78, 5) is 6.97. The van der Waals surface area contributed by atoms with Crippen LogP contribution in [-0.2, 0) is 11.2 Å². The Kier molecular flexibility index (Phi) is 3.82. The first-order valence-electron chi connectivity index (χ1n) is 7.33. The molecule has 2 aliphatic rings. The number of aromatic nitrogens is 1. The molecule has 3 rings (SSSR count). The van der Waals surface area contributed by atoms with Gasteiger partial charge in [0.15, 0.2) is 0 Å². The number of morpholine rings is 1. The second-order valence-electron chi connectivity index (χ2n) is 5.57. The van der Waals surface area contributed by atoms with Gasteiger partial charge in [0.2, 0.25) is 0 Å². The van der Waals surface area contributed by atoms with E-state index in [1.54, 1.807) is 0 Å². The molecule has 1 saturated heterocycles. The standard InChI is InChI=1S/C15H23N3O/c1-2-18-8-9-19-13(10-18)14(16)12-6-5-11-4-3-7-17-15(11)12/h3-4,7,12-14H,2,5-6,8-10,16H2,1H3. The molecule has 19 heavy (non-hydrogen) atoms. The first-order valence-corrected chi connectivity index (χ1v) is 7.33. The Morgan fingerprint density at radius 1 is 1.58 bits per heavy atom. The molecule has 1 aromatic heterocycles. The number of pyridine rings is 1. The van der Waals surface area contributed by atoms with Crippen molar-refractivity contribution in [1.29, 1.82) is 0 Å². The summed E-state index contributed by atoms with van der Waals surface area (Å²) in [7, 11) is 0. The summed E-state index contributed by atoms with van der Waals surface area (Å²) in [5.74, 6) is 0.359. The molecular weight excluding hydrogens is 238 g/mol. The lowest BCUT2D eigenvalue weighted by Crippen LogP contribution is -2.52. The highest BCUT2D eigenvalue weighted by atomic mass is 16.5. The van der Waals surface area contributed by atoms with Crippen LogP contribution >= 0.6 is 0 Å². The summed E-state index contributed by atoms with van der Waals surface area (Å²) in [6.45, 7) is 6.05. The van der Waals surface area contributed by atoms with Gasteiger partial charge in [-0.3, -0.25) is 9.88 Å². The second-order valence-corrected chi connectivity index (χ2v) is 5.57. The maximum Gasteiger partial charge on any atom is 0.0859 e. The van der Waals surface area contributed by atoms with Gasteiger partial charge in [-0.2, -0.15) is 0 Å². The third-order valence-electron chi connectivity index (χ3n) is 4.52. The molecule has 4 nitrogen and oxygen atoms in total. The van der Waals surface area contributed by atoms with Gasteiger partial charge in [0, 0.05) is 36.9 Å². The van der Waals surface area contributed by atoms with Crippen molar-refractivity contribution >= 4 is 0 Å². The Morgan fingerprint density at radius 3 is 3.32 bits per heavy atom. The van der Waals surface area contributed by atoms with Crippen LogP contribution in [-0.4, -0.2) is 48.3 Å². The average molecular weight is 261 g/mol. The number of hydrogen-bond acceptors (Lipinski definition) is 4. The van der Waals surface area contributed by atoms with E-state index < -0.39 is 0 Å². The quantitative estimate of drug-likeness (QED) is 0.887.